The van der Waals surface area contributed by atoms with Crippen LogP contribution in [-0.2, 0) is 59.7 Å². The predicted octanol–water partition coefficient (Wildman–Crippen LogP) is 5.83. The molecule has 8 nitrogen and oxygen atoms in total. The van der Waals surface area contributed by atoms with Crippen molar-refractivity contribution in [1.29, 1.82) is 0 Å². The van der Waals surface area contributed by atoms with Gasteiger partial charge >= 0.3 is 0 Å². The Labute approximate surface area is 269 Å². The molecule has 0 aliphatic carbocycles. The molecule has 6 rings (SSSR count). The van der Waals surface area contributed by atoms with Gasteiger partial charge in [-0.25, -0.2) is 0 Å². The smallest absolute Gasteiger partial charge is 0.231 e. The predicted molar refractivity (Wildman–Crippen MR) is 171 cm³/mol. The zero-order chi connectivity index (χ0) is 31.6. The van der Waals surface area contributed by atoms with Gasteiger partial charge in [0.15, 0.2) is 6.23 Å². The first-order valence-corrected chi connectivity index (χ1v) is 15.7. The van der Waals surface area contributed by atoms with E-state index in [-0.39, 0.29) is 44.5 Å². The lowest BCUT2D eigenvalue weighted by Gasteiger charge is -2.48. The highest BCUT2D eigenvalue weighted by atomic mass is 16.6. The second-order valence-corrected chi connectivity index (χ2v) is 11.5. The highest BCUT2D eigenvalue weighted by Crippen LogP contribution is 2.34. The second-order valence-electron chi connectivity index (χ2n) is 11.5. The van der Waals surface area contributed by atoms with Crippen LogP contribution in [0.3, 0.4) is 0 Å². The molecule has 238 valence electrons. The highest BCUT2D eigenvalue weighted by molar-refractivity contribution is 6.02. The Kier molecular flexibility index (Phi) is 11.0. The molecule has 0 N–H and O–H groups in total. The minimum atomic E-state index is -1.02. The van der Waals surface area contributed by atoms with Crippen molar-refractivity contribution in [2.75, 3.05) is 6.61 Å². The van der Waals surface area contributed by atoms with Crippen LogP contribution in [0, 0.1) is 0 Å². The van der Waals surface area contributed by atoms with E-state index in [9.17, 15) is 9.59 Å². The van der Waals surface area contributed by atoms with E-state index in [1.807, 2.05) is 121 Å². The molecule has 2 amide bonds. The Balaban J connectivity index is 1.33. The summed E-state index contributed by atoms with van der Waals surface area (Å²) in [5.74, 6) is -0.588. The molecule has 2 fully saturated rings. The Bertz CT molecular complexity index is 1500. The zero-order valence-corrected chi connectivity index (χ0v) is 25.7. The summed E-state index contributed by atoms with van der Waals surface area (Å²) in [5.41, 5.74) is 3.92. The van der Waals surface area contributed by atoms with Crippen molar-refractivity contribution in [2.45, 2.75) is 69.9 Å². The number of benzene rings is 4. The number of amides is 2. The van der Waals surface area contributed by atoms with Gasteiger partial charge in [-0.3, -0.25) is 14.5 Å². The molecular weight excluding hydrogens is 582 g/mol. The van der Waals surface area contributed by atoms with Crippen LogP contribution in [0.5, 0.6) is 0 Å². The summed E-state index contributed by atoms with van der Waals surface area (Å²) < 4.78 is 32.8. The Morgan fingerprint density at radius 1 is 0.522 bits per heavy atom. The molecule has 5 atom stereocenters. The van der Waals surface area contributed by atoms with Crippen molar-refractivity contribution in [3.05, 3.63) is 144 Å². The van der Waals surface area contributed by atoms with E-state index in [1.165, 1.54) is 4.90 Å². The molecule has 0 saturated carbocycles. The molecule has 2 heterocycles. The number of carbonyl (C=O) groups excluding carboxylic acids is 2. The van der Waals surface area contributed by atoms with Crippen LogP contribution in [0.15, 0.2) is 121 Å². The van der Waals surface area contributed by atoms with Crippen LogP contribution in [0.25, 0.3) is 0 Å². The fourth-order valence-corrected chi connectivity index (χ4v) is 5.85. The molecular formula is C38H39NO7. The molecule has 4 aromatic carbocycles. The quantitative estimate of drug-likeness (QED) is 0.164. The molecule has 0 radical (unpaired) electrons. The summed E-state index contributed by atoms with van der Waals surface area (Å²) in [6.45, 7) is 1.31. The van der Waals surface area contributed by atoms with E-state index >= 15 is 0 Å². The van der Waals surface area contributed by atoms with Gasteiger partial charge in [-0.1, -0.05) is 121 Å². The second kappa shape index (κ2) is 15.9. The molecule has 0 bridgehead atoms. The number of rotatable bonds is 14. The van der Waals surface area contributed by atoms with E-state index in [2.05, 4.69) is 0 Å². The minimum absolute atomic E-state index is 0.128. The molecule has 2 saturated heterocycles. The third-order valence-electron chi connectivity index (χ3n) is 8.20. The molecule has 8 heteroatoms. The van der Waals surface area contributed by atoms with Crippen molar-refractivity contribution in [3.63, 3.8) is 0 Å². The summed E-state index contributed by atoms with van der Waals surface area (Å²) >= 11 is 0. The SMILES string of the molecule is O=C1CCC(=O)N1C1O[C@H](COCc2ccccc2)[C@H](OCc2ccccc2)[C@H](OCc2ccccc2)[C@H]1OCc1ccccc1. The van der Waals surface area contributed by atoms with E-state index in [1.54, 1.807) is 0 Å². The van der Waals surface area contributed by atoms with Crippen LogP contribution in [-0.4, -0.2) is 54.0 Å². The minimum Gasteiger partial charge on any atom is -0.374 e. The summed E-state index contributed by atoms with van der Waals surface area (Å²) in [5, 5.41) is 0. The number of carbonyl (C=O) groups is 2. The third-order valence-corrected chi connectivity index (χ3v) is 8.20. The van der Waals surface area contributed by atoms with E-state index < -0.39 is 30.6 Å². The van der Waals surface area contributed by atoms with Gasteiger partial charge in [0, 0.05) is 12.8 Å². The summed E-state index contributed by atoms with van der Waals surface area (Å²) in [6.07, 6.45) is -3.63. The highest BCUT2D eigenvalue weighted by Gasteiger charge is 2.53. The topological polar surface area (TPSA) is 83.5 Å². The molecule has 4 aromatic rings. The number of nitrogens with zero attached hydrogens (tertiary/aromatic N) is 1. The molecule has 1 unspecified atom stereocenters. The summed E-state index contributed by atoms with van der Waals surface area (Å²) in [6, 6.07) is 39.4. The van der Waals surface area contributed by atoms with E-state index in [4.69, 9.17) is 23.7 Å². The molecule has 2 aliphatic rings. The Morgan fingerprint density at radius 3 is 1.37 bits per heavy atom. The first kappa shape index (κ1) is 31.8. The number of imide groups is 1. The van der Waals surface area contributed by atoms with E-state index in [0.717, 1.165) is 22.3 Å². The number of ether oxygens (including phenoxy) is 5. The molecule has 46 heavy (non-hydrogen) atoms. The zero-order valence-electron chi connectivity index (χ0n) is 25.7. The van der Waals surface area contributed by atoms with Gasteiger partial charge in [-0.15, -0.1) is 0 Å². The monoisotopic (exact) mass is 621 g/mol. The first-order chi connectivity index (χ1) is 22.7. The Morgan fingerprint density at radius 2 is 0.913 bits per heavy atom. The van der Waals surface area contributed by atoms with Gasteiger partial charge in [0.25, 0.3) is 0 Å². The first-order valence-electron chi connectivity index (χ1n) is 15.7. The molecule has 0 aromatic heterocycles. The maximum Gasteiger partial charge on any atom is 0.231 e. The van der Waals surface area contributed by atoms with Crippen molar-refractivity contribution >= 4 is 11.8 Å². The van der Waals surface area contributed by atoms with Crippen LogP contribution in [0.4, 0.5) is 0 Å². The fourth-order valence-electron chi connectivity index (χ4n) is 5.85. The Hall–Kier alpha value is -4.18. The lowest BCUT2D eigenvalue weighted by atomic mass is 9.96. The average molecular weight is 622 g/mol. The van der Waals surface area contributed by atoms with Crippen molar-refractivity contribution in [1.82, 2.24) is 4.90 Å². The normalized spacial score (nSPS) is 23.1. The molecule has 2 aliphatic heterocycles. The van der Waals surface area contributed by atoms with Gasteiger partial charge in [0.1, 0.15) is 24.4 Å². The van der Waals surface area contributed by atoms with Crippen molar-refractivity contribution < 1.29 is 33.3 Å². The number of likely N-dealkylation sites (tertiary alicyclic amines) is 1. The standard InChI is InChI=1S/C38H39NO7/c40-33-21-22-34(41)39(33)38-37(45-26-31-19-11-4-12-20-31)36(44-25-30-17-9-3-10-18-30)35(43-24-29-15-7-2-8-16-29)32(46-38)27-42-23-28-13-5-1-6-14-28/h1-20,32,35-38H,21-27H2/t32-,35+,36+,37-,38?/m1/s1. The third kappa shape index (κ3) is 8.15. The average Bonchev–Trinajstić information content (AvgIpc) is 3.44. The van der Waals surface area contributed by atoms with Gasteiger partial charge < -0.3 is 23.7 Å². The largest absolute Gasteiger partial charge is 0.374 e. The van der Waals surface area contributed by atoms with Crippen LogP contribution < -0.4 is 0 Å². The summed E-state index contributed by atoms with van der Waals surface area (Å²) in [4.78, 5) is 27.5. The molecule has 0 spiro atoms. The van der Waals surface area contributed by atoms with Crippen LogP contribution in [0.2, 0.25) is 0 Å². The fraction of sp³-hybridized carbons (Fsp3) is 0.316. The number of hydrogen-bond acceptors (Lipinski definition) is 7. The van der Waals surface area contributed by atoms with Gasteiger partial charge in [0.2, 0.25) is 11.8 Å². The number of hydrogen-bond donors (Lipinski definition) is 0. The van der Waals surface area contributed by atoms with Gasteiger partial charge in [-0.2, -0.15) is 0 Å². The van der Waals surface area contributed by atoms with Gasteiger partial charge in [0.05, 0.1) is 33.0 Å². The lowest BCUT2D eigenvalue weighted by molar-refractivity contribution is -0.293. The van der Waals surface area contributed by atoms with E-state index in [0.29, 0.717) is 13.2 Å². The van der Waals surface area contributed by atoms with Crippen LogP contribution >= 0.6 is 0 Å². The maximum absolute atomic E-state index is 13.2. The van der Waals surface area contributed by atoms with Crippen molar-refractivity contribution in [2.24, 2.45) is 0 Å². The lowest BCUT2D eigenvalue weighted by Crippen LogP contribution is -2.66. The maximum atomic E-state index is 13.2. The van der Waals surface area contributed by atoms with Gasteiger partial charge in [-0.05, 0) is 22.3 Å². The van der Waals surface area contributed by atoms with Crippen molar-refractivity contribution in [3.8, 4) is 0 Å². The summed E-state index contributed by atoms with van der Waals surface area (Å²) in [7, 11) is 0. The van der Waals surface area contributed by atoms with Crippen LogP contribution in [0.1, 0.15) is 35.1 Å².